The van der Waals surface area contributed by atoms with Gasteiger partial charge < -0.3 is 14.8 Å². The van der Waals surface area contributed by atoms with E-state index < -0.39 is 10.0 Å². The fraction of sp³-hybridized carbons (Fsp3) is 0.235. The molecule has 1 amide bonds. The quantitative estimate of drug-likeness (QED) is 0.784. The Labute approximate surface area is 147 Å². The van der Waals surface area contributed by atoms with E-state index in [0.29, 0.717) is 29.3 Å². The molecule has 0 aliphatic carbocycles. The maximum Gasteiger partial charge on any atom is 0.251 e. The molecule has 0 heterocycles. The SMILES string of the molecule is COc1ccc(CNC(=O)c2cccc(NS(C)(=O)=O)c2)cc1OC. The fourth-order valence-corrected chi connectivity index (χ4v) is 2.77. The number of carbonyl (C=O) groups excluding carboxylic acids is 1. The summed E-state index contributed by atoms with van der Waals surface area (Å²) in [5.74, 6) is 0.873. The highest BCUT2D eigenvalue weighted by Gasteiger charge is 2.09. The van der Waals surface area contributed by atoms with Gasteiger partial charge in [-0.2, -0.15) is 0 Å². The number of ether oxygens (including phenoxy) is 2. The van der Waals surface area contributed by atoms with Gasteiger partial charge in [-0.15, -0.1) is 0 Å². The van der Waals surface area contributed by atoms with E-state index in [1.54, 1.807) is 44.6 Å². The zero-order valence-corrected chi connectivity index (χ0v) is 15.0. The summed E-state index contributed by atoms with van der Waals surface area (Å²) in [6.45, 7) is 0.295. The Hall–Kier alpha value is -2.74. The molecule has 0 aliphatic rings. The summed E-state index contributed by atoms with van der Waals surface area (Å²) < 4.78 is 35.3. The van der Waals surface area contributed by atoms with Gasteiger partial charge in [0.05, 0.1) is 20.5 Å². The Morgan fingerprint density at radius 2 is 1.76 bits per heavy atom. The van der Waals surface area contributed by atoms with Gasteiger partial charge in [0.25, 0.3) is 5.91 Å². The van der Waals surface area contributed by atoms with Crippen LogP contribution in [0, 0.1) is 0 Å². The summed E-state index contributed by atoms with van der Waals surface area (Å²) in [4.78, 5) is 12.3. The molecule has 0 fully saturated rings. The van der Waals surface area contributed by atoms with Crippen molar-refractivity contribution < 1.29 is 22.7 Å². The van der Waals surface area contributed by atoms with Gasteiger partial charge in [-0.25, -0.2) is 8.42 Å². The Balaban J connectivity index is 2.06. The van der Waals surface area contributed by atoms with Crippen molar-refractivity contribution in [3.63, 3.8) is 0 Å². The highest BCUT2D eigenvalue weighted by atomic mass is 32.2. The number of carbonyl (C=O) groups is 1. The van der Waals surface area contributed by atoms with E-state index in [1.165, 1.54) is 6.07 Å². The monoisotopic (exact) mass is 364 g/mol. The van der Waals surface area contributed by atoms with Crippen molar-refractivity contribution in [3.05, 3.63) is 53.6 Å². The van der Waals surface area contributed by atoms with Crippen LogP contribution in [-0.4, -0.2) is 34.8 Å². The number of amides is 1. The second kappa shape index (κ2) is 7.89. The van der Waals surface area contributed by atoms with Gasteiger partial charge in [0.2, 0.25) is 10.0 Å². The third kappa shape index (κ3) is 5.39. The maximum absolute atomic E-state index is 12.3. The summed E-state index contributed by atoms with van der Waals surface area (Å²) in [6.07, 6.45) is 1.05. The molecule has 2 N–H and O–H groups in total. The molecule has 0 radical (unpaired) electrons. The van der Waals surface area contributed by atoms with E-state index >= 15 is 0 Å². The van der Waals surface area contributed by atoms with Gasteiger partial charge in [0.1, 0.15) is 0 Å². The van der Waals surface area contributed by atoms with Crippen LogP contribution < -0.4 is 19.5 Å². The second-order valence-electron chi connectivity index (χ2n) is 5.33. The molecule has 0 atom stereocenters. The first kappa shape index (κ1) is 18.6. The lowest BCUT2D eigenvalue weighted by atomic mass is 10.1. The third-order valence-electron chi connectivity index (χ3n) is 3.33. The smallest absolute Gasteiger partial charge is 0.251 e. The third-order valence-corrected chi connectivity index (χ3v) is 3.94. The number of nitrogens with one attached hydrogen (secondary N) is 2. The predicted octanol–water partition coefficient (Wildman–Crippen LogP) is 2.01. The Morgan fingerprint density at radius 1 is 1.04 bits per heavy atom. The van der Waals surface area contributed by atoms with E-state index in [0.717, 1.165) is 11.8 Å². The van der Waals surface area contributed by atoms with Gasteiger partial charge in [0, 0.05) is 17.8 Å². The molecule has 7 nitrogen and oxygen atoms in total. The number of anilines is 1. The number of methoxy groups -OCH3 is 2. The van der Waals surface area contributed by atoms with Crippen molar-refractivity contribution in [2.45, 2.75) is 6.54 Å². The molecule has 0 aromatic heterocycles. The zero-order valence-electron chi connectivity index (χ0n) is 14.2. The van der Waals surface area contributed by atoms with Gasteiger partial charge in [-0.3, -0.25) is 9.52 Å². The molecule has 0 spiro atoms. The average Bonchev–Trinajstić information content (AvgIpc) is 2.58. The second-order valence-corrected chi connectivity index (χ2v) is 7.08. The summed E-state index contributed by atoms with van der Waals surface area (Å²) in [7, 11) is -0.302. The lowest BCUT2D eigenvalue weighted by molar-refractivity contribution is 0.0951. The molecule has 2 aromatic carbocycles. The lowest BCUT2D eigenvalue weighted by Crippen LogP contribution is -2.23. The molecule has 0 aliphatic heterocycles. The number of sulfonamides is 1. The van der Waals surface area contributed by atoms with E-state index in [9.17, 15) is 13.2 Å². The minimum Gasteiger partial charge on any atom is -0.493 e. The highest BCUT2D eigenvalue weighted by molar-refractivity contribution is 7.92. The van der Waals surface area contributed by atoms with Crippen molar-refractivity contribution in [1.29, 1.82) is 0 Å². The minimum absolute atomic E-state index is 0.295. The van der Waals surface area contributed by atoms with Crippen LogP contribution in [0.25, 0.3) is 0 Å². The molecule has 2 rings (SSSR count). The summed E-state index contributed by atoms with van der Waals surface area (Å²) >= 11 is 0. The van der Waals surface area contributed by atoms with Gasteiger partial charge in [0.15, 0.2) is 11.5 Å². The van der Waals surface area contributed by atoms with Crippen molar-refractivity contribution in [2.24, 2.45) is 0 Å². The van der Waals surface area contributed by atoms with Crippen LogP contribution in [0.1, 0.15) is 15.9 Å². The van der Waals surface area contributed by atoms with E-state index in [1.807, 2.05) is 6.07 Å². The summed E-state index contributed by atoms with van der Waals surface area (Å²) in [6, 6.07) is 11.6. The molecule has 0 saturated heterocycles. The molecular weight excluding hydrogens is 344 g/mol. The molecular formula is C17H20N2O5S. The first-order valence-electron chi connectivity index (χ1n) is 7.39. The highest BCUT2D eigenvalue weighted by Crippen LogP contribution is 2.27. The van der Waals surface area contributed by atoms with Crippen molar-refractivity contribution >= 4 is 21.6 Å². The average molecular weight is 364 g/mol. The molecule has 0 saturated carbocycles. The lowest BCUT2D eigenvalue weighted by Gasteiger charge is -2.11. The van der Waals surface area contributed by atoms with Crippen LogP contribution in [0.15, 0.2) is 42.5 Å². The standard InChI is InChI=1S/C17H20N2O5S/c1-23-15-8-7-12(9-16(15)24-2)11-18-17(20)13-5-4-6-14(10-13)19-25(3,21)22/h4-10,19H,11H2,1-3H3,(H,18,20). The van der Waals surface area contributed by atoms with E-state index in [4.69, 9.17) is 9.47 Å². The van der Waals surface area contributed by atoms with Crippen molar-refractivity contribution in [3.8, 4) is 11.5 Å². The normalized spacial score (nSPS) is 10.8. The van der Waals surface area contributed by atoms with Crippen LogP contribution >= 0.6 is 0 Å². The first-order valence-corrected chi connectivity index (χ1v) is 9.28. The number of hydrogen-bond donors (Lipinski definition) is 2. The van der Waals surface area contributed by atoms with Gasteiger partial charge >= 0.3 is 0 Å². The maximum atomic E-state index is 12.3. The Morgan fingerprint density at radius 3 is 2.40 bits per heavy atom. The molecule has 2 aromatic rings. The van der Waals surface area contributed by atoms with E-state index in [2.05, 4.69) is 10.0 Å². The first-order chi connectivity index (χ1) is 11.8. The Kier molecular flexibility index (Phi) is 5.87. The van der Waals surface area contributed by atoms with Crippen molar-refractivity contribution in [1.82, 2.24) is 5.32 Å². The predicted molar refractivity (Wildman–Crippen MR) is 95.6 cm³/mol. The largest absolute Gasteiger partial charge is 0.493 e. The molecule has 8 heteroatoms. The van der Waals surface area contributed by atoms with Crippen LogP contribution in [0.5, 0.6) is 11.5 Å². The van der Waals surface area contributed by atoms with Crippen LogP contribution in [0.4, 0.5) is 5.69 Å². The van der Waals surface area contributed by atoms with Crippen LogP contribution in [-0.2, 0) is 16.6 Å². The molecule has 0 unspecified atom stereocenters. The number of hydrogen-bond acceptors (Lipinski definition) is 5. The topological polar surface area (TPSA) is 93.7 Å². The zero-order chi connectivity index (χ0) is 18.4. The van der Waals surface area contributed by atoms with Gasteiger partial charge in [-0.05, 0) is 35.9 Å². The fourth-order valence-electron chi connectivity index (χ4n) is 2.21. The number of rotatable bonds is 7. The minimum atomic E-state index is -3.40. The van der Waals surface area contributed by atoms with E-state index in [-0.39, 0.29) is 5.91 Å². The summed E-state index contributed by atoms with van der Waals surface area (Å²) in [5, 5.41) is 2.78. The Bertz CT molecular complexity index is 865. The van der Waals surface area contributed by atoms with Gasteiger partial charge in [-0.1, -0.05) is 12.1 Å². The van der Waals surface area contributed by atoms with Crippen LogP contribution in [0.2, 0.25) is 0 Å². The molecule has 0 bridgehead atoms. The van der Waals surface area contributed by atoms with Crippen molar-refractivity contribution in [2.75, 3.05) is 25.2 Å². The van der Waals surface area contributed by atoms with Crippen LogP contribution in [0.3, 0.4) is 0 Å². The molecule has 25 heavy (non-hydrogen) atoms. The summed E-state index contributed by atoms with van der Waals surface area (Å²) in [5.41, 5.74) is 1.53. The molecule has 134 valence electrons. The number of benzene rings is 2.